The molecule has 8 aromatic carbocycles. The highest BCUT2D eigenvalue weighted by Crippen LogP contribution is 2.49. The lowest BCUT2D eigenvalue weighted by molar-refractivity contribution is 0.589. The van der Waals surface area contributed by atoms with Gasteiger partial charge in [0.05, 0.1) is 64.6 Å². The van der Waals surface area contributed by atoms with Crippen LogP contribution in [0.25, 0.3) is 131 Å². The zero-order chi connectivity index (χ0) is 86.4. The van der Waals surface area contributed by atoms with Crippen molar-refractivity contribution in [3.63, 3.8) is 0 Å². The maximum absolute atomic E-state index is 6.34. The first-order valence-electron chi connectivity index (χ1n) is 44.6. The molecular formula is C100H88B8N16O2S2. The van der Waals surface area contributed by atoms with Gasteiger partial charge in [0.25, 0.3) is 0 Å². The molecule has 0 aliphatic carbocycles. The lowest BCUT2D eigenvalue weighted by Gasteiger charge is -2.53. The molecule has 16 aromatic rings. The lowest BCUT2D eigenvalue weighted by atomic mass is 9.41. The van der Waals surface area contributed by atoms with Crippen molar-refractivity contribution >= 4 is 209 Å². The summed E-state index contributed by atoms with van der Waals surface area (Å²) < 4.78 is 44.3. The molecule has 2 fully saturated rings. The first-order chi connectivity index (χ1) is 62.0. The van der Waals surface area contributed by atoms with E-state index >= 15 is 0 Å². The summed E-state index contributed by atoms with van der Waals surface area (Å²) in [5.74, 6) is 20.4. The van der Waals surface area contributed by atoms with Gasteiger partial charge in [-0.25, -0.2) is 9.97 Å². The second-order valence-electron chi connectivity index (χ2n) is 39.2. The van der Waals surface area contributed by atoms with E-state index in [-0.39, 0.29) is 77.5 Å². The zero-order valence-electron chi connectivity index (χ0n) is 73.4. The van der Waals surface area contributed by atoms with Crippen LogP contribution in [-0.4, -0.2) is 131 Å². The normalized spacial score (nSPS) is 17.4. The molecule has 8 aromatic heterocycles. The Morgan fingerprint density at radius 3 is 1.02 bits per heavy atom. The number of allylic oxidation sites excluding steroid dienone is 16. The van der Waals surface area contributed by atoms with Gasteiger partial charge in [-0.15, -0.1) is 0 Å². The monoisotopic (exact) mass is 1700 g/mol. The predicted octanol–water partition coefficient (Wildman–Crippen LogP) is 21.7. The molecule has 0 unspecified atom stereocenters. The minimum atomic E-state index is -0.145. The average Bonchev–Trinajstić information content (AvgIpc) is 1.49. The standard InChI is InChI=1S/C50H44B4N8O2.C50H44B4N8S2/c1-49(2,3)35-19-21-39-45(55-47-61(39)37-15-7-9-17-41(37)63-47)43(35)33-23-29-59-52-26-12-14-28-58(52)54-32-34(24-30-60(54)51-25-11-13-27-57(51)53(59)31-33)44-36(50(4,5)6)20-22-40-46(44)56-48-62(40)38-16-8-10-18-42(38)64-48;1-49(2,3)35-19-21-40-45(56-48-62(40)39-17-9-10-18-42(39)63-48)43(35)33-23-29-59-52-26-12-14-28-58(52)54-32-34(24-30-60(54)51-25-11-13-27-57(51)53(59)31-33)44-36(50(4,5)6)20-22-41-46(44)64-47-55-37-15-7-8-16-38(37)61(41)47/h2*7-32H,1-6H3. The van der Waals surface area contributed by atoms with Gasteiger partial charge in [0.2, 0.25) is 0 Å². The predicted molar refractivity (Wildman–Crippen MR) is 538 cm³/mol. The Labute approximate surface area is 753 Å². The SMILES string of the molecule is CC(C)(C)c1ccc2c(nc3oc4ccccc4n32)c1C1=CB2N3C=CC=CB3N3C=CC(c4c(C(C)(C)C)ccc5c4nc4oc6ccccc6n45)=CB3N3C=CC=CB3N2C=C1.CC(C)(C)c1ccc2c(nc3sc4ccccc4n32)c1C1=CB2N(C=C1)B1C=CC=CN1B1C=C(c3c(C(C)(C)C)ccc4c3sc3nc5ccccc5n34)C=CN1B1C=CC=CN12. The molecule has 0 spiro atoms. The molecule has 0 bridgehead atoms. The smallest absolute Gasteiger partial charge is 0.381 e. The molecule has 26 rings (SSSR count). The summed E-state index contributed by atoms with van der Waals surface area (Å²) >= 11 is 3.56. The Kier molecular flexibility index (Phi) is 16.8. The molecule has 0 radical (unpaired) electrons. The maximum Gasteiger partial charge on any atom is 0.381 e. The number of oxazole rings is 2. The molecular weight excluding hydrogens is 1610 g/mol. The van der Waals surface area contributed by atoms with Gasteiger partial charge in [-0.1, -0.05) is 251 Å². The second-order valence-corrected chi connectivity index (χ2v) is 41.2. The van der Waals surface area contributed by atoms with Gasteiger partial charge >= 0.3 is 67.5 Å². The largest absolute Gasteiger partial charge is 0.423 e. The van der Waals surface area contributed by atoms with Crippen LogP contribution >= 0.6 is 22.7 Å². The molecule has 10 aliphatic rings. The molecule has 28 heteroatoms. The first kappa shape index (κ1) is 76.8. The van der Waals surface area contributed by atoms with E-state index in [1.54, 1.807) is 22.7 Å². The van der Waals surface area contributed by atoms with Crippen molar-refractivity contribution in [3.05, 3.63) is 360 Å². The van der Waals surface area contributed by atoms with Gasteiger partial charge in [-0.3, -0.25) is 17.6 Å². The summed E-state index contributed by atoms with van der Waals surface area (Å²) in [6.45, 7) is 26.9. The van der Waals surface area contributed by atoms with E-state index in [1.165, 1.54) is 65.0 Å². The van der Waals surface area contributed by atoms with Crippen molar-refractivity contribution in [2.24, 2.45) is 0 Å². The minimum Gasteiger partial charge on any atom is -0.423 e. The van der Waals surface area contributed by atoms with E-state index in [1.807, 2.05) is 24.3 Å². The summed E-state index contributed by atoms with van der Waals surface area (Å²) in [5.41, 5.74) is 28.6. The van der Waals surface area contributed by atoms with Crippen molar-refractivity contribution in [2.45, 2.75) is 105 Å². The van der Waals surface area contributed by atoms with Gasteiger partial charge in [-0.05, 0) is 237 Å². The Hall–Kier alpha value is -13.6. The van der Waals surface area contributed by atoms with Crippen molar-refractivity contribution in [2.75, 3.05) is 0 Å². The molecule has 616 valence electrons. The quantitative estimate of drug-likeness (QED) is 0.155. The molecule has 0 N–H and O–H groups in total. The zero-order valence-corrected chi connectivity index (χ0v) is 75.1. The van der Waals surface area contributed by atoms with Crippen molar-refractivity contribution in [1.29, 1.82) is 0 Å². The highest BCUT2D eigenvalue weighted by Gasteiger charge is 2.54. The van der Waals surface area contributed by atoms with E-state index < -0.39 is 0 Å². The van der Waals surface area contributed by atoms with Crippen LogP contribution in [-0.2, 0) is 21.7 Å². The van der Waals surface area contributed by atoms with Crippen molar-refractivity contribution in [1.82, 2.24) is 75.3 Å². The van der Waals surface area contributed by atoms with Crippen molar-refractivity contribution in [3.8, 4) is 0 Å². The fourth-order valence-corrected chi connectivity index (χ4v) is 23.7. The average molecular weight is 1700 g/mol. The number of hydrogen-bond acceptors (Lipinski definition) is 16. The van der Waals surface area contributed by atoms with Crippen LogP contribution < -0.4 is 0 Å². The highest BCUT2D eigenvalue weighted by atomic mass is 32.1. The molecule has 0 atom stereocenters. The van der Waals surface area contributed by atoms with Crippen LogP contribution in [0.5, 0.6) is 0 Å². The van der Waals surface area contributed by atoms with Gasteiger partial charge in [0.1, 0.15) is 11.0 Å². The van der Waals surface area contributed by atoms with Crippen LogP contribution in [0.3, 0.4) is 0 Å². The molecule has 18 heterocycles. The van der Waals surface area contributed by atoms with E-state index in [9.17, 15) is 0 Å². The molecule has 0 amide bonds. The van der Waals surface area contributed by atoms with Gasteiger partial charge in [0.15, 0.2) is 21.1 Å². The Balaban J connectivity index is 0.000000139. The first-order valence-corrected chi connectivity index (χ1v) is 46.2. The Morgan fingerprint density at radius 2 is 0.602 bits per heavy atom. The van der Waals surface area contributed by atoms with Crippen molar-refractivity contribution < 1.29 is 8.83 Å². The topological polar surface area (TPSA) is 121 Å². The van der Waals surface area contributed by atoms with E-state index in [4.69, 9.17) is 28.8 Å². The summed E-state index contributed by atoms with van der Waals surface area (Å²) in [6.07, 6.45) is 45.1. The van der Waals surface area contributed by atoms with Crippen LogP contribution in [0, 0.1) is 0 Å². The number of rotatable bonds is 4. The number of benzene rings is 8. The van der Waals surface area contributed by atoms with Crippen LogP contribution in [0.1, 0.15) is 128 Å². The highest BCUT2D eigenvalue weighted by molar-refractivity contribution is 7.24. The summed E-state index contributed by atoms with van der Waals surface area (Å²) in [4.78, 5) is 23.1. The third-order valence-electron chi connectivity index (χ3n) is 27.3. The van der Waals surface area contributed by atoms with E-state index in [0.717, 1.165) is 98.5 Å². The number of hydrogen-bond donors (Lipinski definition) is 0. The number of imidazole rings is 4. The van der Waals surface area contributed by atoms with Crippen LogP contribution in [0.4, 0.5) is 0 Å². The Bertz CT molecular complexity index is 7110. The molecule has 2 saturated heterocycles. The number of nitrogens with zero attached hydrogens (tertiary/aromatic N) is 16. The summed E-state index contributed by atoms with van der Waals surface area (Å²) in [7, 11) is 0. The second kappa shape index (κ2) is 28.0. The fraction of sp³-hybridized carbons (Fsp3) is 0.160. The van der Waals surface area contributed by atoms with Crippen LogP contribution in [0.2, 0.25) is 0 Å². The third kappa shape index (κ3) is 11.6. The number of aromatic nitrogens is 8. The number of thiazole rings is 2. The summed E-state index contributed by atoms with van der Waals surface area (Å²) in [6, 6.07) is 51.8. The lowest BCUT2D eigenvalue weighted by Crippen LogP contribution is -2.73. The molecule has 10 aliphatic heterocycles. The van der Waals surface area contributed by atoms with Crippen LogP contribution in [0.15, 0.2) is 325 Å². The van der Waals surface area contributed by atoms with Gasteiger partial charge < -0.3 is 46.6 Å². The fourth-order valence-electron chi connectivity index (χ4n) is 21.5. The Morgan fingerprint density at radius 1 is 0.273 bits per heavy atom. The van der Waals surface area contributed by atoms with Gasteiger partial charge in [-0.2, -0.15) is 9.97 Å². The number of fused-ring (bicyclic) bond motifs is 36. The number of para-hydroxylation sites is 7. The maximum atomic E-state index is 6.34. The summed E-state index contributed by atoms with van der Waals surface area (Å²) in [5, 5.41) is 0. The van der Waals surface area contributed by atoms with E-state index in [2.05, 4.69) is 430 Å². The third-order valence-corrected chi connectivity index (χ3v) is 29.4. The molecule has 128 heavy (non-hydrogen) atoms. The molecule has 18 nitrogen and oxygen atoms in total. The molecule has 0 saturated carbocycles. The minimum absolute atomic E-state index is 0.0581. The van der Waals surface area contributed by atoms with E-state index in [0.29, 0.717) is 11.7 Å². The van der Waals surface area contributed by atoms with Gasteiger partial charge in [0, 0.05) is 22.3 Å².